The number of aryl methyl sites for hydroxylation is 2. The molecule has 0 atom stereocenters. The van der Waals surface area contributed by atoms with Crippen LogP contribution in [-0.2, 0) is 19.1 Å². The summed E-state index contributed by atoms with van der Waals surface area (Å²) in [6, 6.07) is 4.82. The third-order valence-electron chi connectivity index (χ3n) is 4.90. The molecule has 4 rings (SSSR count). The summed E-state index contributed by atoms with van der Waals surface area (Å²) >= 11 is 0. The smallest absolute Gasteiger partial charge is 0.359 e. The van der Waals surface area contributed by atoms with Gasteiger partial charge in [-0.2, -0.15) is 13.2 Å². The molecular weight excluding hydrogens is 399 g/mol. The van der Waals surface area contributed by atoms with Crippen molar-refractivity contribution >= 4 is 17.4 Å². The number of carbonyl (C=O) groups is 1. The molecule has 1 aliphatic heterocycles. The molecule has 0 spiro atoms. The number of benzene rings is 1. The van der Waals surface area contributed by atoms with Gasteiger partial charge in [-0.05, 0) is 32.0 Å². The normalized spacial score (nSPS) is 13.8. The predicted molar refractivity (Wildman–Crippen MR) is 101 cm³/mol. The Hall–Kier alpha value is -3.43. The first-order valence-corrected chi connectivity index (χ1v) is 9.23. The van der Waals surface area contributed by atoms with Crippen LogP contribution in [0.3, 0.4) is 0 Å². The maximum atomic E-state index is 13.0. The van der Waals surface area contributed by atoms with Gasteiger partial charge in [-0.3, -0.25) is 4.79 Å². The van der Waals surface area contributed by atoms with E-state index in [4.69, 9.17) is 4.52 Å². The van der Waals surface area contributed by atoms with E-state index >= 15 is 0 Å². The fourth-order valence-corrected chi connectivity index (χ4v) is 3.35. The quantitative estimate of drug-likeness (QED) is 0.692. The molecule has 0 saturated carbocycles. The summed E-state index contributed by atoms with van der Waals surface area (Å²) in [5, 5.41) is 6.83. The zero-order chi connectivity index (χ0) is 21.5. The van der Waals surface area contributed by atoms with Crippen LogP contribution in [0.1, 0.15) is 38.8 Å². The van der Waals surface area contributed by atoms with Crippen LogP contribution >= 0.6 is 0 Å². The number of halogens is 3. The van der Waals surface area contributed by atoms with Crippen molar-refractivity contribution in [1.82, 2.24) is 20.0 Å². The largest absolute Gasteiger partial charge is 0.416 e. The topological polar surface area (TPSA) is 84.2 Å². The van der Waals surface area contributed by atoms with Gasteiger partial charge in [0.25, 0.3) is 5.91 Å². The molecule has 156 valence electrons. The zero-order valence-corrected chi connectivity index (χ0v) is 16.2. The Morgan fingerprint density at radius 1 is 1.27 bits per heavy atom. The van der Waals surface area contributed by atoms with Crippen LogP contribution in [0.5, 0.6) is 0 Å². The third-order valence-corrected chi connectivity index (χ3v) is 4.90. The van der Waals surface area contributed by atoms with Crippen LogP contribution in [0.2, 0.25) is 0 Å². The molecule has 3 aromatic rings. The van der Waals surface area contributed by atoms with Crippen molar-refractivity contribution in [3.63, 3.8) is 0 Å². The number of rotatable bonds is 3. The van der Waals surface area contributed by atoms with Crippen LogP contribution in [-0.4, -0.2) is 32.5 Å². The van der Waals surface area contributed by atoms with Gasteiger partial charge in [-0.25, -0.2) is 9.97 Å². The van der Waals surface area contributed by atoms with Crippen molar-refractivity contribution in [2.24, 2.45) is 0 Å². The van der Waals surface area contributed by atoms with Gasteiger partial charge in [-0.15, -0.1) is 0 Å². The zero-order valence-electron chi connectivity index (χ0n) is 16.2. The first-order chi connectivity index (χ1) is 14.2. The molecule has 7 nitrogen and oxygen atoms in total. The highest BCUT2D eigenvalue weighted by atomic mass is 19.4. The molecule has 0 bridgehead atoms. The summed E-state index contributed by atoms with van der Waals surface area (Å²) in [5.74, 6) is 1.25. The maximum Gasteiger partial charge on any atom is 0.416 e. The number of hydrogen-bond donors (Lipinski definition) is 1. The van der Waals surface area contributed by atoms with Crippen molar-refractivity contribution < 1.29 is 22.5 Å². The second-order valence-corrected chi connectivity index (χ2v) is 7.03. The van der Waals surface area contributed by atoms with Crippen LogP contribution in [0, 0.1) is 13.8 Å². The fraction of sp³-hybridized carbons (Fsp3) is 0.300. The SMILES string of the molecule is Cc1ncc(C(=O)N2CCc3onc(Nc4cccc(C(F)(F)F)c4)c3C2)c(C)n1. The Morgan fingerprint density at radius 2 is 2.07 bits per heavy atom. The van der Waals surface area contributed by atoms with Crippen LogP contribution in [0.4, 0.5) is 24.7 Å². The lowest BCUT2D eigenvalue weighted by Crippen LogP contribution is -2.36. The minimum Gasteiger partial charge on any atom is -0.359 e. The van der Waals surface area contributed by atoms with Gasteiger partial charge in [0.05, 0.1) is 28.9 Å². The lowest BCUT2D eigenvalue weighted by atomic mass is 10.1. The number of aromatic nitrogens is 3. The molecule has 0 aliphatic carbocycles. The highest BCUT2D eigenvalue weighted by Gasteiger charge is 2.31. The average molecular weight is 417 g/mol. The van der Waals surface area contributed by atoms with E-state index in [0.717, 1.165) is 12.1 Å². The Labute approximate surface area is 169 Å². The van der Waals surface area contributed by atoms with Crippen LogP contribution < -0.4 is 5.32 Å². The molecule has 0 saturated heterocycles. The number of nitrogens with zero attached hydrogens (tertiary/aromatic N) is 4. The van der Waals surface area contributed by atoms with E-state index in [0.29, 0.717) is 47.2 Å². The van der Waals surface area contributed by atoms with Crippen molar-refractivity contribution in [1.29, 1.82) is 0 Å². The lowest BCUT2D eigenvalue weighted by Gasteiger charge is -2.26. The fourth-order valence-electron chi connectivity index (χ4n) is 3.35. The van der Waals surface area contributed by atoms with Gasteiger partial charge in [0.1, 0.15) is 11.6 Å². The summed E-state index contributed by atoms with van der Waals surface area (Å²) in [7, 11) is 0. The van der Waals surface area contributed by atoms with Crippen LogP contribution in [0.25, 0.3) is 0 Å². The molecular formula is C20H18F3N5O2. The Kier molecular flexibility index (Phi) is 4.92. The van der Waals surface area contributed by atoms with Crippen molar-refractivity contribution in [2.75, 3.05) is 11.9 Å². The molecule has 10 heteroatoms. The number of alkyl halides is 3. The summed E-state index contributed by atoms with van der Waals surface area (Å²) in [6.45, 7) is 4.14. The van der Waals surface area contributed by atoms with Crippen molar-refractivity contribution in [3.05, 3.63) is 64.4 Å². The van der Waals surface area contributed by atoms with Crippen molar-refractivity contribution in [3.8, 4) is 0 Å². The number of fused-ring (bicyclic) bond motifs is 1. The van der Waals surface area contributed by atoms with E-state index in [9.17, 15) is 18.0 Å². The minimum absolute atomic E-state index is 0.215. The first-order valence-electron chi connectivity index (χ1n) is 9.23. The highest BCUT2D eigenvalue weighted by molar-refractivity contribution is 5.95. The average Bonchev–Trinajstić information content (AvgIpc) is 3.09. The van der Waals surface area contributed by atoms with E-state index in [1.54, 1.807) is 18.7 Å². The molecule has 1 N–H and O–H groups in total. The molecule has 0 radical (unpaired) electrons. The standard InChI is InChI=1S/C20H18F3N5O2/c1-11-15(9-24-12(2)25-11)19(29)28-7-6-17-16(10-28)18(27-30-17)26-14-5-3-4-13(8-14)20(21,22)23/h3-5,8-9H,6-7,10H2,1-2H3,(H,26,27). The summed E-state index contributed by atoms with van der Waals surface area (Å²) in [5.41, 5.74) is 1.10. The number of hydrogen-bond acceptors (Lipinski definition) is 6. The second kappa shape index (κ2) is 7.43. The van der Waals surface area contributed by atoms with E-state index in [1.165, 1.54) is 18.3 Å². The predicted octanol–water partition coefficient (Wildman–Crippen LogP) is 4.04. The summed E-state index contributed by atoms with van der Waals surface area (Å²) < 4.78 is 44.2. The minimum atomic E-state index is -4.45. The van der Waals surface area contributed by atoms with E-state index < -0.39 is 11.7 Å². The Morgan fingerprint density at radius 3 is 2.80 bits per heavy atom. The van der Waals surface area contributed by atoms with E-state index in [2.05, 4.69) is 20.4 Å². The molecule has 2 aromatic heterocycles. The van der Waals surface area contributed by atoms with Gasteiger partial charge >= 0.3 is 6.18 Å². The molecule has 1 aromatic carbocycles. The van der Waals surface area contributed by atoms with E-state index in [1.807, 2.05) is 0 Å². The molecule has 1 amide bonds. The molecule has 3 heterocycles. The summed E-state index contributed by atoms with van der Waals surface area (Å²) in [6.07, 6.45) is -2.49. The number of amides is 1. The van der Waals surface area contributed by atoms with Gasteiger partial charge in [0.2, 0.25) is 0 Å². The van der Waals surface area contributed by atoms with E-state index in [-0.39, 0.29) is 18.1 Å². The van der Waals surface area contributed by atoms with Crippen molar-refractivity contribution in [2.45, 2.75) is 33.0 Å². The van der Waals surface area contributed by atoms with Gasteiger partial charge in [-0.1, -0.05) is 11.2 Å². The molecule has 1 aliphatic rings. The monoisotopic (exact) mass is 417 g/mol. The second-order valence-electron chi connectivity index (χ2n) is 7.03. The number of nitrogens with one attached hydrogen (secondary N) is 1. The Balaban J connectivity index is 1.56. The lowest BCUT2D eigenvalue weighted by molar-refractivity contribution is -0.137. The first kappa shape index (κ1) is 19.9. The van der Waals surface area contributed by atoms with Gasteiger partial charge in [0.15, 0.2) is 5.82 Å². The van der Waals surface area contributed by atoms with Gasteiger partial charge < -0.3 is 14.7 Å². The number of carbonyl (C=O) groups excluding carboxylic acids is 1. The highest BCUT2D eigenvalue weighted by Crippen LogP contribution is 2.33. The molecule has 0 fully saturated rings. The summed E-state index contributed by atoms with van der Waals surface area (Å²) in [4.78, 5) is 22.9. The number of anilines is 2. The van der Waals surface area contributed by atoms with Gasteiger partial charge in [0, 0.05) is 24.8 Å². The molecule has 30 heavy (non-hydrogen) atoms. The maximum absolute atomic E-state index is 13.0. The Bertz CT molecular complexity index is 1110. The molecule has 0 unspecified atom stereocenters. The third kappa shape index (κ3) is 3.85. The van der Waals surface area contributed by atoms with Crippen LogP contribution in [0.15, 0.2) is 35.0 Å².